The van der Waals surface area contributed by atoms with Crippen LogP contribution in [0.1, 0.15) is 236 Å². The minimum Gasteiger partial charge on any atom is -0.480 e. The zero-order valence-corrected chi connectivity index (χ0v) is 93.8. The molecule has 0 saturated carbocycles. The number of methoxy groups -OCH3 is 1. The number of ketones is 2. The SMILES string of the molecule is C.C.C.C.C.CC(C)(C)[Si](C)(C)Cl.CC1=CC([C@H](C)NP)OC1=O.CCOC(=O)/C(C)=C\C(=O)[C@H](C)NP.COC(=O)[C@H](C)NP.C[C@@H](CO)C[C@@H](O)[C@H](C)NP.C[C@@H](CO[Si](C)(C)C(C)(C)C)C[C@@H](O)[C@H](C)NP.C[C@@H](CO[Si](C)(C)C(C)(C)C)C[C@H](N=[N+]=[N-])[C@H](C)NP.C[C@@H]1C[C@H]([C@H](C)NP)OC1=O.C[C@H](NP)C(=O)CP(C)(C)=O.C[C@H](NP)C(=O)O. The number of cyclic esters (lactones) is 2. The van der Waals surface area contributed by atoms with E-state index in [9.17, 15) is 48.3 Å². The molecule has 27 atom stereocenters. The number of aliphatic hydroxyl groups excluding tert-OH is 3. The highest BCUT2D eigenvalue weighted by Crippen LogP contribution is 2.40. The quantitative estimate of drug-likeness (QED) is 0.00316. The fourth-order valence-corrected chi connectivity index (χ4v) is 12.5. The average molecular weight is 2040 g/mol. The standard InChI is InChI=1S/C13H31N4OPSi.C13H32NO2PSi.C9H16NO3P.C7H14NO2P.C7H12NO2P.C7H18NO2P.C6H15ClSi.C6H15NO2P2.C4H10NO2P.C3H8NO2P.5CH4/c1-10(8-12(15-17-14)11(2)16-19)9-18-20(6,7)13(3,4)5;1-10(8-12(15)11(2)14-17)9-16-18(6,7)13(3,4)5;1-4-13-9(12)6(2)5-8(11)7(3)10-14;2*1-4-3-6(5(2)8-11)10-7(4)9;1-5(4-9)3-7(10)6(2)8-11;1-6(2,3)8(4,5)7;1-5(7-10)6(8)4-11(2,3)9;1-3(5-8)4(6)7-2;1-2(4-7)3(5)6;;;;;/h10-12,16H,8-9,19H2,1-7H3;10-12,14-15H,8-9,17H2,1-7H3;5,7,10H,4,14H2,1-3H3;4-6,8H,3,11H2,1-2H3;3,5-6,8H,11H2,1-2H3;5-10H,3-4,11H2,1-2H3;1-5H3;5,7H,4,10H2,1-3H3;3,5H,8H2,1-2H3;2,4H,7H2,1H3,(H,5,6);5*1H4/b;;6-5-;;;;;;;;;;;;/t10-,11+,12+;10-,11+,12-;7-;4-,5+,6-;5-,6?;5-,6+,7-;;5-;3-;2-;;;;;/m110101.000...../s1. The molecular weight excluding hydrogens is 1850 g/mol. The van der Waals surface area contributed by atoms with Crippen molar-refractivity contribution in [1.82, 2.24) is 45.8 Å². The molecule has 1 saturated heterocycles. The van der Waals surface area contributed by atoms with Crippen molar-refractivity contribution in [2.75, 3.05) is 53.0 Å². The highest BCUT2D eigenvalue weighted by atomic mass is 35.6. The van der Waals surface area contributed by atoms with Crippen LogP contribution >= 0.6 is 103 Å². The first-order chi connectivity index (χ1) is 54.0. The molecule has 0 amide bonds. The number of rotatable bonds is 37. The monoisotopic (exact) mass is 2040 g/mol. The van der Waals surface area contributed by atoms with Gasteiger partial charge >= 0.3 is 29.8 Å². The molecule has 30 nitrogen and oxygen atoms in total. The van der Waals surface area contributed by atoms with Crippen molar-refractivity contribution >= 4 is 168 Å². The van der Waals surface area contributed by atoms with Gasteiger partial charge in [-0.2, -0.15) is 11.1 Å². The Morgan fingerprint density at radius 1 is 0.629 bits per heavy atom. The zero-order chi connectivity index (χ0) is 95.9. The molecule has 0 spiro atoms. The van der Waals surface area contributed by atoms with E-state index in [2.05, 4.69) is 261 Å². The lowest BCUT2D eigenvalue weighted by molar-refractivity contribution is -0.145. The Labute approximate surface area is 785 Å². The van der Waals surface area contributed by atoms with Crippen LogP contribution in [-0.4, -0.2) is 224 Å². The summed E-state index contributed by atoms with van der Waals surface area (Å²) >= 11 is 6.15. The number of esters is 4. The summed E-state index contributed by atoms with van der Waals surface area (Å²) in [4.78, 5) is 78.7. The van der Waals surface area contributed by atoms with Gasteiger partial charge in [0.05, 0.1) is 63.3 Å². The summed E-state index contributed by atoms with van der Waals surface area (Å²) in [5.41, 5.74) is 9.68. The van der Waals surface area contributed by atoms with Gasteiger partial charge in [0.25, 0.3) is 0 Å². The fourth-order valence-electron chi connectivity index (χ4n) is 7.46. The molecule has 2 heterocycles. The number of carbonyl (C=O) groups is 7. The molecule has 0 bridgehead atoms. The Morgan fingerprint density at radius 2 is 1.01 bits per heavy atom. The van der Waals surface area contributed by atoms with Gasteiger partial charge in [-0.1, -0.05) is 230 Å². The first kappa shape index (κ1) is 152. The lowest BCUT2D eigenvalue weighted by Crippen LogP contribution is -2.42. The highest BCUT2D eigenvalue weighted by Gasteiger charge is 2.40. The van der Waals surface area contributed by atoms with Gasteiger partial charge in [-0.15, -0.1) is 0 Å². The van der Waals surface area contributed by atoms with Crippen molar-refractivity contribution in [3.05, 3.63) is 33.7 Å². The molecular formula is C80H191ClN12O18P10Si3. The van der Waals surface area contributed by atoms with Gasteiger partial charge in [0.15, 0.2) is 35.6 Å². The van der Waals surface area contributed by atoms with Crippen molar-refractivity contribution in [3.63, 3.8) is 0 Å². The van der Waals surface area contributed by atoms with E-state index in [4.69, 9.17) is 49.9 Å². The molecule has 2 aliphatic heterocycles. The Kier molecular flexibility index (Phi) is 98.5. The molecule has 44 heteroatoms. The third kappa shape index (κ3) is 77.3. The molecule has 2 rings (SSSR count). The van der Waals surface area contributed by atoms with E-state index in [1.165, 1.54) is 13.2 Å². The molecule has 10 unspecified atom stereocenters. The first-order valence-electron chi connectivity index (χ1n) is 40.0. The molecule has 124 heavy (non-hydrogen) atoms. The lowest BCUT2D eigenvalue weighted by atomic mass is 9.99. The number of aliphatic hydroxyl groups is 3. The molecule has 0 aliphatic carbocycles. The van der Waals surface area contributed by atoms with Gasteiger partial charge in [-0.25, -0.2) is 9.59 Å². The Balaban J connectivity index is -0.000000101. The van der Waals surface area contributed by atoms with Crippen LogP contribution in [0.4, 0.5) is 0 Å². The number of Topliss-reactive ketones (excluding diaryl/α,β-unsaturated/α-hetero) is 1. The summed E-state index contributed by atoms with van der Waals surface area (Å²) in [6, 6.07) is -0.580. The van der Waals surface area contributed by atoms with Crippen LogP contribution in [-0.2, 0) is 65.9 Å². The second kappa shape index (κ2) is 80.3. The van der Waals surface area contributed by atoms with Crippen molar-refractivity contribution in [2.24, 2.45) is 28.8 Å². The highest BCUT2D eigenvalue weighted by molar-refractivity contribution is 7.63. The molecule has 0 radical (unpaired) electrons. The molecule has 2 aliphatic rings. The Morgan fingerprint density at radius 3 is 1.27 bits per heavy atom. The van der Waals surface area contributed by atoms with Crippen LogP contribution in [0.5, 0.6) is 0 Å². The fraction of sp³-hybridized carbons (Fsp3) is 0.863. The smallest absolute Gasteiger partial charge is 0.334 e. The minimum absolute atomic E-state index is 0. The first-order valence-corrected chi connectivity index (χ1v) is 57.8. The van der Waals surface area contributed by atoms with Gasteiger partial charge in [0.1, 0.15) is 24.3 Å². The summed E-state index contributed by atoms with van der Waals surface area (Å²) in [5, 5.41) is 66.4. The Bertz CT molecular complexity index is 2960. The third-order valence-corrected chi connectivity index (χ3v) is 39.9. The van der Waals surface area contributed by atoms with Gasteiger partial charge in [-0.3, -0.25) is 69.8 Å². The number of carboxylic acids is 1. The summed E-state index contributed by atoms with van der Waals surface area (Å²) in [5.74, 6) is -0.947. The maximum atomic E-state index is 11.3. The number of halogens is 1. The van der Waals surface area contributed by atoms with E-state index in [-0.39, 0.29) is 180 Å². The van der Waals surface area contributed by atoms with Crippen LogP contribution in [0.15, 0.2) is 28.4 Å². The van der Waals surface area contributed by atoms with E-state index < -0.39 is 49.1 Å². The van der Waals surface area contributed by atoms with Crippen LogP contribution in [0.2, 0.25) is 54.4 Å². The summed E-state index contributed by atoms with van der Waals surface area (Å²) in [6.07, 6.45) is 5.64. The number of nitrogens with zero attached hydrogens (tertiary/aromatic N) is 3. The largest absolute Gasteiger partial charge is 0.480 e. The van der Waals surface area contributed by atoms with Crippen molar-refractivity contribution < 1.29 is 86.4 Å². The number of azide groups is 1. The van der Waals surface area contributed by atoms with Gasteiger partial charge < -0.3 is 52.8 Å². The van der Waals surface area contributed by atoms with Crippen LogP contribution < -0.4 is 45.8 Å². The Hall–Kier alpha value is -0.0394. The zero-order valence-electron chi connectivity index (χ0n) is 78.8. The van der Waals surface area contributed by atoms with Gasteiger partial charge in [-0.05, 0) is 199 Å². The number of ether oxygens (including phenoxy) is 4. The number of aliphatic carboxylic acids is 1. The van der Waals surface area contributed by atoms with E-state index in [0.29, 0.717) is 41.0 Å². The normalized spacial score (nSPS) is 17.8. The third-order valence-electron chi connectivity index (χ3n) is 20.0. The molecule has 748 valence electrons. The number of hydrogen-bond acceptors (Lipinski definition) is 27. The van der Waals surface area contributed by atoms with Crippen molar-refractivity contribution in [1.29, 1.82) is 0 Å². The molecule has 1 fully saturated rings. The topological polar surface area (TPSA) is 430 Å². The number of carboxylic acid groups (broad SMARTS) is 1. The predicted octanol–water partition coefficient (Wildman–Crippen LogP) is 17.1. The second-order valence-electron chi connectivity index (χ2n) is 35.1. The minimum atomic E-state index is -2.19. The molecule has 0 aromatic rings. The summed E-state index contributed by atoms with van der Waals surface area (Å²) in [6.45, 7) is 68.5. The second-order valence-corrected chi connectivity index (χ2v) is 58.5. The average Bonchev–Trinajstić information content (AvgIpc) is 1.22. The molecule has 0 aromatic carbocycles. The maximum absolute atomic E-state index is 11.3. The van der Waals surface area contributed by atoms with E-state index in [0.717, 1.165) is 32.5 Å². The summed E-state index contributed by atoms with van der Waals surface area (Å²) < 4.78 is 42.8. The van der Waals surface area contributed by atoms with E-state index in [1.54, 1.807) is 61.8 Å². The van der Waals surface area contributed by atoms with Crippen LogP contribution in [0, 0.1) is 23.7 Å². The van der Waals surface area contributed by atoms with Crippen molar-refractivity contribution in [2.45, 2.75) is 375 Å². The van der Waals surface area contributed by atoms with Crippen molar-refractivity contribution in [3.8, 4) is 0 Å². The summed E-state index contributed by atoms with van der Waals surface area (Å²) in [7, 11) is 15.5. The van der Waals surface area contributed by atoms with Crippen LogP contribution in [0.3, 0.4) is 0 Å². The van der Waals surface area contributed by atoms with Gasteiger partial charge in [0.2, 0.25) is 0 Å². The van der Waals surface area contributed by atoms with E-state index >= 15 is 0 Å². The van der Waals surface area contributed by atoms with Crippen LogP contribution in [0.25, 0.3) is 10.4 Å². The molecule has 0 aromatic heterocycles. The maximum Gasteiger partial charge on any atom is 0.334 e. The number of carbonyl (C=O) groups excluding carboxylic acids is 6. The number of nitrogens with one attached hydrogen (secondary N) is 9. The number of hydrogen-bond donors (Lipinski definition) is 13. The lowest BCUT2D eigenvalue weighted by Gasteiger charge is -2.37. The molecule has 13 N–H and O–H groups in total. The van der Waals surface area contributed by atoms with E-state index in [1.807, 2.05) is 54.5 Å². The van der Waals surface area contributed by atoms with Gasteiger partial charge in [0, 0.05) is 66.1 Å². The predicted molar refractivity (Wildman–Crippen MR) is 569 cm³/mol.